The minimum Gasteiger partial charge on any atom is -0.256 e. The van der Waals surface area contributed by atoms with Crippen molar-refractivity contribution < 1.29 is 0 Å². The van der Waals surface area contributed by atoms with Crippen molar-refractivity contribution >= 4 is 46.1 Å². The Morgan fingerprint density at radius 1 is 1.00 bits per heavy atom. The van der Waals surface area contributed by atoms with Crippen LogP contribution in [0.15, 0.2) is 53.5 Å². The van der Waals surface area contributed by atoms with Gasteiger partial charge in [0.2, 0.25) is 0 Å². The zero-order valence-corrected chi connectivity index (χ0v) is 11.3. The Hall–Kier alpha value is -0.870. The summed E-state index contributed by atoms with van der Waals surface area (Å²) in [5, 5.41) is 0.730. The van der Waals surface area contributed by atoms with Gasteiger partial charge in [0, 0.05) is 20.4 Å². The van der Waals surface area contributed by atoms with E-state index in [4.69, 9.17) is 11.6 Å². The van der Waals surface area contributed by atoms with E-state index >= 15 is 0 Å². The molecule has 0 fully saturated rings. The minimum atomic E-state index is 0.730. The van der Waals surface area contributed by atoms with Gasteiger partial charge in [-0.15, -0.1) is 0 Å². The quantitative estimate of drug-likeness (QED) is 0.555. The first-order valence-corrected chi connectivity index (χ1v) is 6.25. The fraction of sp³-hybridized carbons (Fsp3) is 0. The summed E-state index contributed by atoms with van der Waals surface area (Å²) in [6.07, 6.45) is 1.87. The Labute approximate surface area is 113 Å². The molecule has 3 heteroatoms. The lowest BCUT2D eigenvalue weighted by atomic mass is 10.2. The smallest absolute Gasteiger partial charge is 0.0630 e. The molecule has 0 aliphatic heterocycles. The molecule has 80 valence electrons. The lowest BCUT2D eigenvalue weighted by Gasteiger charge is -1.97. The van der Waals surface area contributed by atoms with Crippen LogP contribution in [0.2, 0.25) is 5.02 Å². The Morgan fingerprint density at radius 2 is 1.69 bits per heavy atom. The van der Waals surface area contributed by atoms with Crippen molar-refractivity contribution in [3.8, 4) is 0 Å². The van der Waals surface area contributed by atoms with Gasteiger partial charge in [-0.3, -0.25) is 4.99 Å². The van der Waals surface area contributed by atoms with Gasteiger partial charge >= 0.3 is 0 Å². The number of halogens is 2. The normalized spacial score (nSPS) is 10.9. The number of benzene rings is 2. The molecule has 0 saturated carbocycles. The molecule has 0 bridgehead atoms. The topological polar surface area (TPSA) is 12.4 Å². The molecule has 0 saturated heterocycles. The van der Waals surface area contributed by atoms with Crippen LogP contribution in [0.5, 0.6) is 0 Å². The molecule has 0 N–H and O–H groups in total. The molecule has 2 rings (SSSR count). The number of nitrogens with zero attached hydrogens (tertiary/aromatic N) is 1. The number of rotatable bonds is 2. The highest BCUT2D eigenvalue weighted by Gasteiger charge is 1.94. The van der Waals surface area contributed by atoms with Crippen molar-refractivity contribution in [3.63, 3.8) is 0 Å². The molecule has 0 radical (unpaired) electrons. The number of hydrogen-bond acceptors (Lipinski definition) is 1. The molecule has 16 heavy (non-hydrogen) atoms. The summed E-state index contributed by atoms with van der Waals surface area (Å²) in [4.78, 5) is 4.39. The van der Waals surface area contributed by atoms with E-state index in [0.29, 0.717) is 0 Å². The van der Waals surface area contributed by atoms with Gasteiger partial charge < -0.3 is 0 Å². The van der Waals surface area contributed by atoms with Crippen molar-refractivity contribution in [1.29, 1.82) is 0 Å². The van der Waals surface area contributed by atoms with E-state index in [1.54, 1.807) is 0 Å². The van der Waals surface area contributed by atoms with Crippen molar-refractivity contribution in [2.45, 2.75) is 0 Å². The molecule has 0 atom stereocenters. The molecule has 0 aliphatic rings. The minimum absolute atomic E-state index is 0.730. The molecule has 2 aromatic rings. The maximum atomic E-state index is 5.80. The Balaban J connectivity index is 2.21. The Bertz CT molecular complexity index is 506. The first-order valence-electron chi connectivity index (χ1n) is 4.80. The van der Waals surface area contributed by atoms with Crippen molar-refractivity contribution in [3.05, 3.63) is 62.7 Å². The van der Waals surface area contributed by atoms with Crippen molar-refractivity contribution in [1.82, 2.24) is 0 Å². The summed E-state index contributed by atoms with van der Waals surface area (Å²) in [6, 6.07) is 15.6. The third-order valence-electron chi connectivity index (χ3n) is 2.08. The summed E-state index contributed by atoms with van der Waals surface area (Å²) in [5.41, 5.74) is 2.03. The monoisotopic (exact) mass is 341 g/mol. The van der Waals surface area contributed by atoms with Crippen LogP contribution in [-0.4, -0.2) is 6.21 Å². The molecule has 0 aromatic heterocycles. The molecule has 2 aromatic carbocycles. The molecule has 0 unspecified atom stereocenters. The third-order valence-corrected chi connectivity index (χ3v) is 3.32. The maximum absolute atomic E-state index is 5.80. The lowest BCUT2D eigenvalue weighted by Crippen LogP contribution is -1.84. The summed E-state index contributed by atoms with van der Waals surface area (Å²) >= 11 is 8.10. The Morgan fingerprint density at radius 3 is 2.38 bits per heavy atom. The van der Waals surface area contributed by atoms with Gasteiger partial charge in [-0.25, -0.2) is 0 Å². The highest BCUT2D eigenvalue weighted by molar-refractivity contribution is 14.1. The van der Waals surface area contributed by atoms with Gasteiger partial charge in [0.1, 0.15) is 0 Å². The van der Waals surface area contributed by atoms with Crippen LogP contribution in [0.1, 0.15) is 5.56 Å². The second-order valence-corrected chi connectivity index (χ2v) is 4.85. The summed E-state index contributed by atoms with van der Waals surface area (Å²) in [7, 11) is 0. The van der Waals surface area contributed by atoms with Gasteiger partial charge in [-0.2, -0.15) is 0 Å². The van der Waals surface area contributed by atoms with Gasteiger partial charge in [-0.05, 0) is 52.9 Å². The first kappa shape index (κ1) is 11.6. The second kappa shape index (κ2) is 5.46. The van der Waals surface area contributed by atoms with E-state index in [2.05, 4.69) is 33.6 Å². The van der Waals surface area contributed by atoms with Crippen LogP contribution in [0.4, 0.5) is 5.69 Å². The van der Waals surface area contributed by atoms with E-state index in [0.717, 1.165) is 16.3 Å². The van der Waals surface area contributed by atoms with E-state index < -0.39 is 0 Å². The molecular weight excluding hydrogens is 333 g/mol. The average molecular weight is 342 g/mol. The second-order valence-electron chi connectivity index (χ2n) is 3.26. The predicted octanol–water partition coefficient (Wildman–Crippen LogP) is 4.70. The lowest BCUT2D eigenvalue weighted by molar-refractivity contribution is 1.51. The Kier molecular flexibility index (Phi) is 3.96. The van der Waals surface area contributed by atoms with Crippen LogP contribution in [0, 0.1) is 3.57 Å². The van der Waals surface area contributed by atoms with Gasteiger partial charge in [0.15, 0.2) is 0 Å². The van der Waals surface area contributed by atoms with Crippen LogP contribution in [0.3, 0.4) is 0 Å². The predicted molar refractivity (Wildman–Crippen MR) is 77.9 cm³/mol. The third kappa shape index (κ3) is 3.06. The van der Waals surface area contributed by atoms with Crippen LogP contribution in [-0.2, 0) is 0 Å². The fourth-order valence-electron chi connectivity index (χ4n) is 1.25. The van der Waals surface area contributed by atoms with E-state index in [1.807, 2.05) is 48.7 Å². The zero-order chi connectivity index (χ0) is 11.4. The zero-order valence-electron chi connectivity index (χ0n) is 8.40. The molecule has 0 amide bonds. The SMILES string of the molecule is Clc1ccc(N=Cc2ccccc2I)cc1. The summed E-state index contributed by atoms with van der Waals surface area (Å²) in [6.45, 7) is 0. The molecule has 1 nitrogen and oxygen atoms in total. The maximum Gasteiger partial charge on any atom is 0.0630 e. The van der Waals surface area contributed by atoms with E-state index in [-0.39, 0.29) is 0 Å². The van der Waals surface area contributed by atoms with Crippen LogP contribution < -0.4 is 0 Å². The summed E-state index contributed by atoms with van der Waals surface area (Å²) < 4.78 is 1.19. The average Bonchev–Trinajstić information content (AvgIpc) is 2.30. The first-order chi connectivity index (χ1) is 7.75. The van der Waals surface area contributed by atoms with Gasteiger partial charge in [0.25, 0.3) is 0 Å². The van der Waals surface area contributed by atoms with Crippen LogP contribution >= 0.6 is 34.2 Å². The summed E-state index contributed by atoms with van der Waals surface area (Å²) in [5.74, 6) is 0. The highest BCUT2D eigenvalue weighted by atomic mass is 127. The molecular formula is C13H9ClIN. The molecule has 0 aliphatic carbocycles. The standard InChI is InChI=1S/C13H9ClIN/c14-11-5-7-12(8-6-11)16-9-10-3-1-2-4-13(10)15/h1-9H. The van der Waals surface area contributed by atoms with E-state index in [1.165, 1.54) is 3.57 Å². The highest BCUT2D eigenvalue weighted by Crippen LogP contribution is 2.17. The largest absolute Gasteiger partial charge is 0.256 e. The van der Waals surface area contributed by atoms with Crippen molar-refractivity contribution in [2.24, 2.45) is 4.99 Å². The fourth-order valence-corrected chi connectivity index (χ4v) is 1.90. The van der Waals surface area contributed by atoms with Crippen molar-refractivity contribution in [2.75, 3.05) is 0 Å². The molecule has 0 heterocycles. The van der Waals surface area contributed by atoms with Gasteiger partial charge in [-0.1, -0.05) is 29.8 Å². The number of aliphatic imine (C=N–C) groups is 1. The van der Waals surface area contributed by atoms with Crippen LogP contribution in [0.25, 0.3) is 0 Å². The van der Waals surface area contributed by atoms with Gasteiger partial charge in [0.05, 0.1) is 5.69 Å². The van der Waals surface area contributed by atoms with E-state index in [9.17, 15) is 0 Å². The number of hydrogen-bond donors (Lipinski definition) is 0. The molecule has 0 spiro atoms.